The second-order valence-corrected chi connectivity index (χ2v) is 8.30. The lowest BCUT2D eigenvalue weighted by Gasteiger charge is -2.33. The molecular weight excluding hydrogens is 280 g/mol. The lowest BCUT2D eigenvalue weighted by Crippen LogP contribution is -2.25. The van der Waals surface area contributed by atoms with Gasteiger partial charge in [-0.15, -0.1) is 10.5 Å². The summed E-state index contributed by atoms with van der Waals surface area (Å²) in [5, 5.41) is 19.8. The van der Waals surface area contributed by atoms with E-state index < -0.39 is 5.24 Å². The Morgan fingerprint density at radius 3 is 1.63 bits per heavy atom. The van der Waals surface area contributed by atoms with Crippen molar-refractivity contribution in [3.63, 3.8) is 0 Å². The smallest absolute Gasteiger partial charge is 0.357 e. The monoisotopic (exact) mass is 304 g/mol. The van der Waals surface area contributed by atoms with E-state index in [0.29, 0.717) is 10.5 Å². The van der Waals surface area contributed by atoms with Gasteiger partial charge in [0.1, 0.15) is 0 Å². The van der Waals surface area contributed by atoms with Gasteiger partial charge in [0.2, 0.25) is 0 Å². The molecule has 0 aromatic carbocycles. The number of thiocarbonyl (C=S) groups is 1. The number of hydrogen-bond acceptors (Lipinski definition) is 2. The molecule has 3 nitrogen and oxygen atoms in total. The molecule has 110 valence electrons. The topological polar surface area (TPSA) is 49.7 Å². The largest absolute Gasteiger partial charge is 0.472 e. The van der Waals surface area contributed by atoms with Gasteiger partial charge in [-0.2, -0.15) is 0 Å². The maximum atomic E-state index is 10.2. The van der Waals surface area contributed by atoms with Crippen LogP contribution in [0.3, 0.4) is 0 Å². The summed E-state index contributed by atoms with van der Waals surface area (Å²) in [7, 11) is -0.260. The minimum Gasteiger partial charge on any atom is -0.472 e. The van der Waals surface area contributed by atoms with Crippen LogP contribution in [-0.2, 0) is 4.74 Å². The van der Waals surface area contributed by atoms with E-state index in [9.17, 15) is 5.11 Å². The van der Waals surface area contributed by atoms with Gasteiger partial charge in [-0.3, -0.25) is 0 Å². The highest BCUT2D eigenvalue weighted by Crippen LogP contribution is 2.43. The van der Waals surface area contributed by atoms with Gasteiger partial charge in [0.05, 0.1) is 0 Å². The summed E-state index contributed by atoms with van der Waals surface area (Å²) in [6.07, 6.45) is 12.3. The van der Waals surface area contributed by atoms with Crippen molar-refractivity contribution < 1.29 is 14.9 Å². The molecule has 2 aliphatic rings. The van der Waals surface area contributed by atoms with Gasteiger partial charge in [-0.1, -0.05) is 38.5 Å². The average Bonchev–Trinajstić information content (AvgIpc) is 2.40. The summed E-state index contributed by atoms with van der Waals surface area (Å²) in [6.45, 7) is 0. The average molecular weight is 304 g/mol. The Morgan fingerprint density at radius 2 is 1.26 bits per heavy atom. The van der Waals surface area contributed by atoms with Crippen molar-refractivity contribution in [1.82, 2.24) is 0 Å². The summed E-state index contributed by atoms with van der Waals surface area (Å²) >= 11 is 4.55. The fourth-order valence-electron chi connectivity index (χ4n) is 3.32. The molecule has 0 bridgehead atoms. The maximum Gasteiger partial charge on any atom is 0.357 e. The van der Waals surface area contributed by atoms with Crippen LogP contribution in [0.25, 0.3) is 0 Å². The van der Waals surface area contributed by atoms with Crippen molar-refractivity contribution >= 4 is 33.2 Å². The first kappa shape index (κ1) is 15.3. The molecule has 0 aliphatic heterocycles. The van der Waals surface area contributed by atoms with E-state index in [1.165, 1.54) is 64.2 Å². The zero-order valence-electron chi connectivity index (χ0n) is 11.3. The molecule has 2 saturated carbocycles. The van der Waals surface area contributed by atoms with Gasteiger partial charge in [-0.05, 0) is 25.7 Å². The van der Waals surface area contributed by atoms with Crippen LogP contribution >= 0.6 is 22.7 Å². The Labute approximate surface area is 123 Å². The predicted octanol–water partition coefficient (Wildman–Crippen LogP) is 4.43. The molecule has 0 heterocycles. The molecule has 0 aromatic heterocycles. The zero-order valence-corrected chi connectivity index (χ0v) is 13.0. The third-order valence-electron chi connectivity index (χ3n) is 4.20. The van der Waals surface area contributed by atoms with Crippen LogP contribution in [0.4, 0.5) is 0 Å². The van der Waals surface area contributed by atoms with E-state index >= 15 is 0 Å². The SMILES string of the molecule is OC(=S)OC(O)=S(C1CCCCC1)C1CCCCC1. The Bertz CT molecular complexity index is 323. The quantitative estimate of drug-likeness (QED) is 0.741. The first-order valence-corrected chi connectivity index (χ1v) is 9.13. The van der Waals surface area contributed by atoms with Gasteiger partial charge in [-0.25, -0.2) is 0 Å². The van der Waals surface area contributed by atoms with Gasteiger partial charge in [0.15, 0.2) is 0 Å². The molecule has 0 saturated heterocycles. The van der Waals surface area contributed by atoms with E-state index in [-0.39, 0.29) is 15.7 Å². The third kappa shape index (κ3) is 4.43. The molecule has 0 unspecified atom stereocenters. The fourth-order valence-corrected chi connectivity index (χ4v) is 6.42. The number of ether oxygens (including phenoxy) is 1. The van der Waals surface area contributed by atoms with E-state index in [2.05, 4.69) is 12.2 Å². The van der Waals surface area contributed by atoms with Gasteiger partial charge in [0, 0.05) is 22.7 Å². The molecular formula is C14H24O3S2. The molecule has 19 heavy (non-hydrogen) atoms. The minimum absolute atomic E-state index is 0.00806. The Morgan fingerprint density at radius 1 is 0.842 bits per heavy atom. The molecule has 2 fully saturated rings. The highest BCUT2D eigenvalue weighted by molar-refractivity contribution is 8.16. The molecule has 2 aliphatic carbocycles. The third-order valence-corrected chi connectivity index (χ3v) is 7.15. The molecule has 0 spiro atoms. The second-order valence-electron chi connectivity index (χ2n) is 5.53. The van der Waals surface area contributed by atoms with Crippen LogP contribution < -0.4 is 0 Å². The first-order valence-electron chi connectivity index (χ1n) is 7.37. The first-order chi connectivity index (χ1) is 9.18. The number of aliphatic hydroxyl groups is 2. The minimum atomic E-state index is -0.554. The van der Waals surface area contributed by atoms with Gasteiger partial charge < -0.3 is 14.9 Å². The van der Waals surface area contributed by atoms with Crippen molar-refractivity contribution in [3.8, 4) is 0 Å². The standard InChI is InChI=1S/C14H24O3S2/c15-13(18)17-14(16)19(11-7-3-1-4-8-11)12-9-5-2-6-10-12/h11-12,16H,1-10H2,(H,15,18). The molecule has 2 N–H and O–H groups in total. The van der Waals surface area contributed by atoms with Crippen molar-refractivity contribution in [2.24, 2.45) is 0 Å². The maximum absolute atomic E-state index is 10.2. The highest BCUT2D eigenvalue weighted by Gasteiger charge is 2.28. The van der Waals surface area contributed by atoms with Crippen molar-refractivity contribution in [3.05, 3.63) is 0 Å². The van der Waals surface area contributed by atoms with E-state index in [4.69, 9.17) is 9.84 Å². The van der Waals surface area contributed by atoms with E-state index in [0.717, 1.165) is 0 Å². The Balaban J connectivity index is 2.17. The summed E-state index contributed by atoms with van der Waals surface area (Å²) in [6, 6.07) is 0. The summed E-state index contributed by atoms with van der Waals surface area (Å²) in [4.78, 5) is 0. The number of aliphatic hydroxyl groups excluding tert-OH is 2. The molecule has 5 heteroatoms. The van der Waals surface area contributed by atoms with Crippen LogP contribution in [0.2, 0.25) is 0 Å². The van der Waals surface area contributed by atoms with Crippen LogP contribution in [0.1, 0.15) is 64.2 Å². The van der Waals surface area contributed by atoms with Crippen molar-refractivity contribution in [2.75, 3.05) is 0 Å². The van der Waals surface area contributed by atoms with Gasteiger partial charge in [0.25, 0.3) is 5.24 Å². The summed E-state index contributed by atoms with van der Waals surface area (Å²) in [5.41, 5.74) is 0. The number of rotatable bonds is 2. The highest BCUT2D eigenvalue weighted by atomic mass is 32.2. The van der Waals surface area contributed by atoms with Crippen molar-refractivity contribution in [2.45, 2.75) is 74.7 Å². The Kier molecular flexibility index (Phi) is 6.10. The van der Waals surface area contributed by atoms with Crippen LogP contribution in [0, 0.1) is 0 Å². The summed E-state index contributed by atoms with van der Waals surface area (Å²) < 4.78 is 4.99. The molecule has 0 aromatic rings. The van der Waals surface area contributed by atoms with Crippen LogP contribution in [0.5, 0.6) is 0 Å². The van der Waals surface area contributed by atoms with Gasteiger partial charge >= 0.3 is 5.24 Å². The normalized spacial score (nSPS) is 22.4. The molecule has 0 atom stereocenters. The lowest BCUT2D eigenvalue weighted by molar-refractivity contribution is 0.322. The number of hydrogen-bond donors (Lipinski definition) is 2. The van der Waals surface area contributed by atoms with E-state index in [1.807, 2.05) is 0 Å². The van der Waals surface area contributed by atoms with Crippen LogP contribution in [0.15, 0.2) is 0 Å². The van der Waals surface area contributed by atoms with Crippen molar-refractivity contribution in [1.29, 1.82) is 0 Å². The molecule has 0 amide bonds. The molecule has 2 rings (SSSR count). The van der Waals surface area contributed by atoms with E-state index in [1.54, 1.807) is 0 Å². The molecule has 0 radical (unpaired) electrons. The van der Waals surface area contributed by atoms with Crippen LogP contribution in [-0.4, -0.2) is 31.2 Å². The summed E-state index contributed by atoms with van der Waals surface area (Å²) in [5.74, 6) is 0. The second kappa shape index (κ2) is 7.60. The lowest BCUT2D eigenvalue weighted by atomic mass is 10.00. The Hall–Kier alpha value is -0.130. The predicted molar refractivity (Wildman–Crippen MR) is 85.3 cm³/mol. The zero-order chi connectivity index (χ0) is 13.7. The fraction of sp³-hybridized carbons (Fsp3) is 0.857.